The third-order valence-corrected chi connectivity index (χ3v) is 3.86. The molecule has 0 aliphatic heterocycles. The molecule has 2 aromatic carbocycles. The number of rotatable bonds is 4. The van der Waals surface area contributed by atoms with E-state index in [4.69, 9.17) is 19.2 Å². The van der Waals surface area contributed by atoms with Gasteiger partial charge in [0.25, 0.3) is 0 Å². The van der Waals surface area contributed by atoms with E-state index in [0.717, 1.165) is 27.7 Å². The Morgan fingerprint density at radius 1 is 0.957 bits per heavy atom. The van der Waals surface area contributed by atoms with Gasteiger partial charge >= 0.3 is 0 Å². The first-order chi connectivity index (χ1) is 11.2. The van der Waals surface area contributed by atoms with Gasteiger partial charge in [0.15, 0.2) is 11.5 Å². The number of ether oxygens (including phenoxy) is 3. The summed E-state index contributed by atoms with van der Waals surface area (Å²) >= 11 is 0. The number of hydrogen-bond donors (Lipinski definition) is 0. The maximum absolute atomic E-state index is 5.49. The Labute approximate surface area is 135 Å². The Balaban J connectivity index is 2.29. The summed E-state index contributed by atoms with van der Waals surface area (Å²) < 4.78 is 16.4. The highest BCUT2D eigenvalue weighted by atomic mass is 16.5. The van der Waals surface area contributed by atoms with E-state index in [1.807, 2.05) is 30.3 Å². The quantitative estimate of drug-likeness (QED) is 0.729. The van der Waals surface area contributed by atoms with Gasteiger partial charge in [0.05, 0.1) is 27.0 Å². The Kier molecular flexibility index (Phi) is 4.06. The normalized spacial score (nSPS) is 10.6. The van der Waals surface area contributed by atoms with Crippen molar-refractivity contribution in [1.82, 2.24) is 4.98 Å². The summed E-state index contributed by atoms with van der Waals surface area (Å²) in [5.41, 5.74) is 3.81. The lowest BCUT2D eigenvalue weighted by atomic mass is 10.0. The van der Waals surface area contributed by atoms with E-state index in [1.165, 1.54) is 0 Å². The Bertz CT molecular complexity index is 859. The lowest BCUT2D eigenvalue weighted by molar-refractivity contribution is 0.353. The second-order valence-electron chi connectivity index (χ2n) is 5.15. The van der Waals surface area contributed by atoms with Crippen LogP contribution in [0.4, 0.5) is 0 Å². The van der Waals surface area contributed by atoms with E-state index in [2.05, 4.69) is 13.0 Å². The number of aromatic nitrogens is 1. The summed E-state index contributed by atoms with van der Waals surface area (Å²) in [5, 5.41) is 0.852. The molecule has 1 aromatic heterocycles. The third kappa shape index (κ3) is 2.57. The van der Waals surface area contributed by atoms with Crippen LogP contribution in [-0.2, 0) is 0 Å². The van der Waals surface area contributed by atoms with E-state index in [-0.39, 0.29) is 0 Å². The topological polar surface area (TPSA) is 40.6 Å². The molecule has 3 rings (SSSR count). The SMILES string of the molecule is COc1cc(OC)c2nc(-c3c[c]ccc3C)ccc2c1OC. The lowest BCUT2D eigenvalue weighted by Gasteiger charge is -2.14. The summed E-state index contributed by atoms with van der Waals surface area (Å²) in [6, 6.07) is 14.7. The highest BCUT2D eigenvalue weighted by molar-refractivity contribution is 5.94. The fraction of sp³-hybridized carbons (Fsp3) is 0.211. The number of pyridine rings is 1. The second-order valence-corrected chi connectivity index (χ2v) is 5.15. The van der Waals surface area contributed by atoms with Crippen molar-refractivity contribution in [1.29, 1.82) is 0 Å². The van der Waals surface area contributed by atoms with Gasteiger partial charge in [-0.15, -0.1) is 0 Å². The molecular formula is C19H18NO3. The minimum absolute atomic E-state index is 0.621. The van der Waals surface area contributed by atoms with Crippen LogP contribution in [0.5, 0.6) is 17.2 Å². The van der Waals surface area contributed by atoms with Crippen LogP contribution < -0.4 is 14.2 Å². The molecule has 23 heavy (non-hydrogen) atoms. The molecule has 1 heterocycles. The van der Waals surface area contributed by atoms with Crippen molar-refractivity contribution in [2.75, 3.05) is 21.3 Å². The molecule has 117 valence electrons. The first-order valence-corrected chi connectivity index (χ1v) is 7.26. The van der Waals surface area contributed by atoms with Crippen LogP contribution in [0.25, 0.3) is 22.2 Å². The molecule has 0 fully saturated rings. The van der Waals surface area contributed by atoms with Crippen molar-refractivity contribution in [2.45, 2.75) is 6.92 Å². The van der Waals surface area contributed by atoms with Crippen LogP contribution in [0.3, 0.4) is 0 Å². The van der Waals surface area contributed by atoms with E-state index in [9.17, 15) is 0 Å². The Hall–Kier alpha value is -2.75. The lowest BCUT2D eigenvalue weighted by Crippen LogP contribution is -1.97. The van der Waals surface area contributed by atoms with E-state index in [0.29, 0.717) is 17.2 Å². The van der Waals surface area contributed by atoms with Gasteiger partial charge in [0.1, 0.15) is 11.3 Å². The van der Waals surface area contributed by atoms with Crippen LogP contribution in [-0.4, -0.2) is 26.3 Å². The molecule has 0 saturated carbocycles. The molecule has 0 N–H and O–H groups in total. The molecule has 0 aliphatic carbocycles. The highest BCUT2D eigenvalue weighted by Gasteiger charge is 2.16. The summed E-state index contributed by atoms with van der Waals surface area (Å²) in [5.74, 6) is 1.92. The predicted molar refractivity (Wildman–Crippen MR) is 90.4 cm³/mol. The summed E-state index contributed by atoms with van der Waals surface area (Å²) in [6.45, 7) is 2.06. The number of benzene rings is 2. The average molecular weight is 308 g/mol. The zero-order valence-corrected chi connectivity index (χ0v) is 13.6. The van der Waals surface area contributed by atoms with Gasteiger partial charge in [0.2, 0.25) is 0 Å². The summed E-state index contributed by atoms with van der Waals surface area (Å²) in [4.78, 5) is 4.78. The van der Waals surface area contributed by atoms with Gasteiger partial charge in [-0.3, -0.25) is 0 Å². The molecule has 0 atom stereocenters. The number of aryl methyl sites for hydroxylation is 1. The van der Waals surface area contributed by atoms with Gasteiger partial charge in [0, 0.05) is 17.0 Å². The Morgan fingerprint density at radius 3 is 2.39 bits per heavy atom. The number of nitrogens with zero attached hydrogens (tertiary/aromatic N) is 1. The highest BCUT2D eigenvalue weighted by Crippen LogP contribution is 2.41. The largest absolute Gasteiger partial charge is 0.494 e. The molecule has 0 unspecified atom stereocenters. The van der Waals surface area contributed by atoms with Crippen molar-refractivity contribution in [3.8, 4) is 28.5 Å². The van der Waals surface area contributed by atoms with Crippen LogP contribution in [0.15, 0.2) is 36.4 Å². The zero-order valence-electron chi connectivity index (χ0n) is 13.6. The average Bonchev–Trinajstić information content (AvgIpc) is 2.60. The molecule has 0 spiro atoms. The molecule has 3 aromatic rings. The molecule has 0 aliphatic rings. The smallest absolute Gasteiger partial charge is 0.170 e. The molecule has 4 nitrogen and oxygen atoms in total. The van der Waals surface area contributed by atoms with Crippen molar-refractivity contribution < 1.29 is 14.2 Å². The maximum atomic E-state index is 5.49. The fourth-order valence-corrected chi connectivity index (χ4v) is 2.67. The van der Waals surface area contributed by atoms with Gasteiger partial charge in [-0.2, -0.15) is 0 Å². The van der Waals surface area contributed by atoms with Crippen molar-refractivity contribution in [2.24, 2.45) is 0 Å². The fourth-order valence-electron chi connectivity index (χ4n) is 2.67. The van der Waals surface area contributed by atoms with Gasteiger partial charge in [-0.1, -0.05) is 12.1 Å². The summed E-state index contributed by atoms with van der Waals surface area (Å²) in [6.07, 6.45) is 0. The van der Waals surface area contributed by atoms with Crippen molar-refractivity contribution >= 4 is 10.9 Å². The van der Waals surface area contributed by atoms with Crippen LogP contribution in [0.2, 0.25) is 0 Å². The Morgan fingerprint density at radius 2 is 1.74 bits per heavy atom. The molecule has 0 bridgehead atoms. The summed E-state index contributed by atoms with van der Waals surface area (Å²) in [7, 11) is 4.85. The van der Waals surface area contributed by atoms with E-state index >= 15 is 0 Å². The van der Waals surface area contributed by atoms with Crippen molar-refractivity contribution in [3.05, 3.63) is 48.0 Å². The standard InChI is InChI=1S/C19H18NO3/c1-12-7-5-6-8-13(12)15-10-9-14-18(20-15)16(21-2)11-17(22-3)19(14)23-4/h5,7-11H,1-4H3. The predicted octanol–water partition coefficient (Wildman–Crippen LogP) is 4.04. The van der Waals surface area contributed by atoms with Gasteiger partial charge < -0.3 is 14.2 Å². The third-order valence-electron chi connectivity index (χ3n) is 3.86. The zero-order chi connectivity index (χ0) is 16.4. The van der Waals surface area contributed by atoms with Gasteiger partial charge in [-0.25, -0.2) is 4.98 Å². The molecular weight excluding hydrogens is 290 g/mol. The van der Waals surface area contributed by atoms with E-state index in [1.54, 1.807) is 27.4 Å². The monoisotopic (exact) mass is 308 g/mol. The van der Waals surface area contributed by atoms with Crippen LogP contribution in [0, 0.1) is 13.0 Å². The molecule has 0 amide bonds. The first-order valence-electron chi connectivity index (χ1n) is 7.26. The first kappa shape index (κ1) is 15.2. The molecule has 4 heteroatoms. The number of methoxy groups -OCH3 is 3. The number of hydrogen-bond acceptors (Lipinski definition) is 4. The van der Waals surface area contributed by atoms with Crippen molar-refractivity contribution in [3.63, 3.8) is 0 Å². The maximum Gasteiger partial charge on any atom is 0.170 e. The number of fused-ring (bicyclic) bond motifs is 1. The van der Waals surface area contributed by atoms with Gasteiger partial charge in [-0.05, 0) is 36.8 Å². The second kappa shape index (κ2) is 6.16. The minimum atomic E-state index is 0.621. The molecule has 1 radical (unpaired) electrons. The van der Waals surface area contributed by atoms with Crippen LogP contribution in [0.1, 0.15) is 5.56 Å². The van der Waals surface area contributed by atoms with E-state index < -0.39 is 0 Å². The molecule has 0 saturated heterocycles. The van der Waals surface area contributed by atoms with Crippen LogP contribution >= 0.6 is 0 Å². The minimum Gasteiger partial charge on any atom is -0.494 e.